The van der Waals surface area contributed by atoms with E-state index in [1.54, 1.807) is 7.11 Å². The Labute approximate surface area is 200 Å². The zero-order chi connectivity index (χ0) is 23.5. The van der Waals surface area contributed by atoms with Gasteiger partial charge in [0.15, 0.2) is 0 Å². The Balaban J connectivity index is 1.36. The molecule has 1 N–H and O–H groups in total. The van der Waals surface area contributed by atoms with Crippen molar-refractivity contribution < 1.29 is 19.1 Å². The minimum Gasteiger partial charge on any atom is -0.497 e. The van der Waals surface area contributed by atoms with Crippen LogP contribution in [0.2, 0.25) is 0 Å². The minimum atomic E-state index is -0.220. The fraction of sp³-hybridized carbons (Fsp3) is 0.462. The molecule has 8 nitrogen and oxygen atoms in total. The molecule has 2 aromatic rings. The zero-order valence-corrected chi connectivity index (χ0v) is 19.6. The van der Waals surface area contributed by atoms with Crippen LogP contribution in [0, 0.1) is 5.92 Å². The van der Waals surface area contributed by atoms with Gasteiger partial charge in [-0.1, -0.05) is 24.3 Å². The maximum atomic E-state index is 13.5. The average Bonchev–Trinajstić information content (AvgIpc) is 2.88. The van der Waals surface area contributed by atoms with Gasteiger partial charge in [-0.3, -0.25) is 14.5 Å². The number of morpholine rings is 1. The van der Waals surface area contributed by atoms with Crippen LogP contribution < -0.4 is 15.0 Å². The largest absolute Gasteiger partial charge is 0.497 e. The number of anilines is 2. The van der Waals surface area contributed by atoms with E-state index >= 15 is 0 Å². The van der Waals surface area contributed by atoms with Crippen molar-refractivity contribution in [1.82, 2.24) is 9.80 Å². The average molecular weight is 465 g/mol. The van der Waals surface area contributed by atoms with Crippen molar-refractivity contribution in [1.29, 1.82) is 0 Å². The summed E-state index contributed by atoms with van der Waals surface area (Å²) < 4.78 is 10.9. The second kappa shape index (κ2) is 10.0. The fourth-order valence-corrected chi connectivity index (χ4v) is 5.27. The molecule has 2 aromatic carbocycles. The summed E-state index contributed by atoms with van der Waals surface area (Å²) in [6.45, 7) is 5.08. The molecule has 3 aliphatic heterocycles. The van der Waals surface area contributed by atoms with Crippen LogP contribution in [0.25, 0.3) is 0 Å². The van der Waals surface area contributed by atoms with E-state index in [0.29, 0.717) is 45.8 Å². The molecule has 2 fully saturated rings. The number of hydrogen-bond acceptors (Lipinski definition) is 6. The summed E-state index contributed by atoms with van der Waals surface area (Å²) in [5, 5.41) is 3.11. The Morgan fingerprint density at radius 3 is 2.62 bits per heavy atom. The second-order valence-electron chi connectivity index (χ2n) is 9.15. The van der Waals surface area contributed by atoms with Crippen molar-refractivity contribution in [3.8, 4) is 5.75 Å². The van der Waals surface area contributed by atoms with E-state index in [0.717, 1.165) is 35.8 Å². The second-order valence-corrected chi connectivity index (χ2v) is 9.15. The molecule has 2 amide bonds. The number of methoxy groups -OCH3 is 1. The molecular formula is C26H32N4O4. The summed E-state index contributed by atoms with van der Waals surface area (Å²) in [6, 6.07) is 15.7. The summed E-state index contributed by atoms with van der Waals surface area (Å²) in [5.74, 6) is 0.751. The third kappa shape index (κ3) is 4.74. The number of nitrogens with one attached hydrogen (secondary N) is 1. The number of para-hydroxylation sites is 1. The molecule has 2 atom stereocenters. The molecule has 3 heterocycles. The van der Waals surface area contributed by atoms with Crippen LogP contribution in [0.5, 0.6) is 5.75 Å². The summed E-state index contributed by atoms with van der Waals surface area (Å²) in [7, 11) is 1.67. The van der Waals surface area contributed by atoms with Crippen molar-refractivity contribution in [3.63, 3.8) is 0 Å². The van der Waals surface area contributed by atoms with E-state index in [2.05, 4.69) is 27.2 Å². The molecule has 8 heteroatoms. The van der Waals surface area contributed by atoms with Gasteiger partial charge in [-0.15, -0.1) is 0 Å². The number of hydrogen-bond donors (Lipinski definition) is 1. The molecule has 34 heavy (non-hydrogen) atoms. The Bertz CT molecular complexity index is 1020. The maximum Gasteiger partial charge on any atom is 0.236 e. The van der Waals surface area contributed by atoms with E-state index in [1.165, 1.54) is 0 Å². The Hall–Kier alpha value is -3.10. The van der Waals surface area contributed by atoms with E-state index in [1.807, 2.05) is 41.3 Å². The third-order valence-electron chi connectivity index (χ3n) is 7.11. The van der Waals surface area contributed by atoms with Gasteiger partial charge in [-0.05, 0) is 30.2 Å². The highest BCUT2D eigenvalue weighted by atomic mass is 16.5. The monoisotopic (exact) mass is 464 g/mol. The Morgan fingerprint density at radius 1 is 1.06 bits per heavy atom. The molecule has 3 aliphatic rings. The first kappa shape index (κ1) is 22.7. The van der Waals surface area contributed by atoms with Crippen LogP contribution in [0.4, 0.5) is 11.4 Å². The van der Waals surface area contributed by atoms with Gasteiger partial charge in [-0.2, -0.15) is 0 Å². The highest BCUT2D eigenvalue weighted by Crippen LogP contribution is 2.38. The molecule has 0 saturated carbocycles. The van der Waals surface area contributed by atoms with Gasteiger partial charge in [0, 0.05) is 50.2 Å². The van der Waals surface area contributed by atoms with Crippen molar-refractivity contribution in [3.05, 3.63) is 54.1 Å². The van der Waals surface area contributed by atoms with Crippen LogP contribution in [0.15, 0.2) is 48.5 Å². The number of benzene rings is 2. The Morgan fingerprint density at radius 2 is 1.85 bits per heavy atom. The first-order valence-electron chi connectivity index (χ1n) is 12.0. The fourth-order valence-electron chi connectivity index (χ4n) is 5.27. The number of carbonyl (C=O) groups excluding carboxylic acids is 2. The van der Waals surface area contributed by atoms with Crippen LogP contribution in [-0.2, 0) is 20.7 Å². The molecule has 0 spiro atoms. The van der Waals surface area contributed by atoms with Crippen LogP contribution in [-0.4, -0.2) is 87.2 Å². The summed E-state index contributed by atoms with van der Waals surface area (Å²) in [5.41, 5.74) is 3.09. The summed E-state index contributed by atoms with van der Waals surface area (Å²) in [4.78, 5) is 32.8. The maximum absolute atomic E-state index is 13.5. The van der Waals surface area contributed by atoms with Crippen molar-refractivity contribution in [2.45, 2.75) is 12.5 Å². The molecule has 0 aliphatic carbocycles. The number of ether oxygens (including phenoxy) is 2. The molecule has 0 bridgehead atoms. The van der Waals surface area contributed by atoms with Crippen LogP contribution in [0.3, 0.4) is 0 Å². The van der Waals surface area contributed by atoms with Gasteiger partial charge >= 0.3 is 0 Å². The topological polar surface area (TPSA) is 74.3 Å². The van der Waals surface area contributed by atoms with Crippen molar-refractivity contribution >= 4 is 23.2 Å². The predicted octanol–water partition coefficient (Wildman–Crippen LogP) is 1.86. The number of carbonyl (C=O) groups is 2. The lowest BCUT2D eigenvalue weighted by molar-refractivity contribution is -0.136. The first-order valence-corrected chi connectivity index (χ1v) is 12.0. The van der Waals surface area contributed by atoms with Crippen LogP contribution >= 0.6 is 0 Å². The number of fused-ring (bicyclic) bond motifs is 3. The van der Waals surface area contributed by atoms with Crippen LogP contribution in [0.1, 0.15) is 5.56 Å². The first-order chi connectivity index (χ1) is 16.6. The number of rotatable bonds is 5. The normalized spacial score (nSPS) is 22.5. The summed E-state index contributed by atoms with van der Waals surface area (Å²) >= 11 is 0. The van der Waals surface area contributed by atoms with E-state index in [4.69, 9.17) is 9.47 Å². The summed E-state index contributed by atoms with van der Waals surface area (Å²) in [6.07, 6.45) is 0.657. The smallest absolute Gasteiger partial charge is 0.236 e. The van der Waals surface area contributed by atoms with Gasteiger partial charge in [0.1, 0.15) is 5.75 Å². The zero-order valence-electron chi connectivity index (χ0n) is 19.6. The number of amides is 2. The van der Waals surface area contributed by atoms with Crippen molar-refractivity contribution in [2.24, 2.45) is 5.92 Å². The van der Waals surface area contributed by atoms with E-state index in [-0.39, 0.29) is 23.8 Å². The quantitative estimate of drug-likeness (QED) is 0.728. The standard InChI is InChI=1S/C26H32N4O4/c1-33-21-8-7-19-15-22(26(32)27-20-5-3-2-4-6-20)24-17-28(9-10-30(24)23(19)16-21)18-25(31)29-11-13-34-14-12-29/h2-8,16,22,24H,9-15,17-18H2,1H3,(H,27,32)/t22-,24-/m1/s1. The molecular weight excluding hydrogens is 432 g/mol. The highest BCUT2D eigenvalue weighted by Gasteiger charge is 2.42. The number of piperazine rings is 1. The van der Waals surface area contributed by atoms with E-state index in [9.17, 15) is 9.59 Å². The molecule has 5 rings (SSSR count). The molecule has 0 radical (unpaired) electrons. The lowest BCUT2D eigenvalue weighted by atomic mass is 9.83. The van der Waals surface area contributed by atoms with Gasteiger partial charge in [0.05, 0.1) is 38.8 Å². The SMILES string of the molecule is COc1ccc2c(c1)N1CCN(CC(=O)N3CCOCC3)C[C@@H]1[C@H](C(=O)Nc1ccccc1)C2. The Kier molecular flexibility index (Phi) is 6.69. The third-order valence-corrected chi connectivity index (χ3v) is 7.11. The number of nitrogens with zero attached hydrogens (tertiary/aromatic N) is 3. The van der Waals surface area contributed by atoms with Gasteiger partial charge in [0.25, 0.3) is 0 Å². The van der Waals surface area contributed by atoms with Gasteiger partial charge < -0.3 is 24.6 Å². The lowest BCUT2D eigenvalue weighted by Gasteiger charge is -2.49. The van der Waals surface area contributed by atoms with Gasteiger partial charge in [-0.25, -0.2) is 0 Å². The molecule has 2 saturated heterocycles. The molecule has 0 aromatic heterocycles. The van der Waals surface area contributed by atoms with Gasteiger partial charge in [0.2, 0.25) is 11.8 Å². The highest BCUT2D eigenvalue weighted by molar-refractivity contribution is 5.94. The van der Waals surface area contributed by atoms with Crippen molar-refractivity contribution in [2.75, 3.05) is 69.8 Å². The molecule has 0 unspecified atom stereocenters. The molecule has 180 valence electrons. The minimum absolute atomic E-state index is 0.0176. The lowest BCUT2D eigenvalue weighted by Crippen LogP contribution is -2.61. The van der Waals surface area contributed by atoms with E-state index < -0.39 is 0 Å². The predicted molar refractivity (Wildman–Crippen MR) is 130 cm³/mol.